The highest BCUT2D eigenvalue weighted by Gasteiger charge is 2.34. The van der Waals surface area contributed by atoms with E-state index >= 15 is 0 Å². The van der Waals surface area contributed by atoms with E-state index in [2.05, 4.69) is 0 Å². The minimum Gasteiger partial charge on any atom is -0.496 e. The molecular formula is C21H24N2O3. The van der Waals surface area contributed by atoms with Crippen molar-refractivity contribution in [2.45, 2.75) is 26.8 Å². The Bertz CT molecular complexity index is 830. The quantitative estimate of drug-likeness (QED) is 0.852. The highest BCUT2D eigenvalue weighted by atomic mass is 16.5. The number of rotatable bonds is 3. The Hall–Kier alpha value is -2.82. The van der Waals surface area contributed by atoms with Gasteiger partial charge in [0.15, 0.2) is 0 Å². The first kappa shape index (κ1) is 18.0. The number of benzene rings is 2. The molecule has 5 nitrogen and oxygen atoms in total. The number of methoxy groups -OCH3 is 1. The van der Waals surface area contributed by atoms with Gasteiger partial charge >= 0.3 is 0 Å². The van der Waals surface area contributed by atoms with Gasteiger partial charge in [0.05, 0.1) is 7.11 Å². The van der Waals surface area contributed by atoms with Crippen LogP contribution in [0.2, 0.25) is 0 Å². The third kappa shape index (κ3) is 3.29. The Kier molecular flexibility index (Phi) is 4.98. The summed E-state index contributed by atoms with van der Waals surface area (Å²) in [5.41, 5.74) is 3.39. The average molecular weight is 352 g/mol. The monoisotopic (exact) mass is 352 g/mol. The molecule has 2 aromatic carbocycles. The lowest BCUT2D eigenvalue weighted by molar-refractivity contribution is -0.121. The molecule has 1 heterocycles. The van der Waals surface area contributed by atoms with Gasteiger partial charge in [0.2, 0.25) is 5.91 Å². The van der Waals surface area contributed by atoms with Crippen molar-refractivity contribution in [2.75, 3.05) is 25.1 Å². The summed E-state index contributed by atoms with van der Waals surface area (Å²) in [4.78, 5) is 29.1. The molecule has 0 radical (unpaired) electrons. The number of ether oxygens (including phenoxy) is 1. The molecule has 0 unspecified atom stereocenters. The van der Waals surface area contributed by atoms with Gasteiger partial charge in [-0.25, -0.2) is 0 Å². The van der Waals surface area contributed by atoms with E-state index in [1.807, 2.05) is 51.1 Å². The van der Waals surface area contributed by atoms with E-state index in [-0.39, 0.29) is 24.4 Å². The zero-order chi connectivity index (χ0) is 18.8. The maximum Gasteiger partial charge on any atom is 0.255 e. The van der Waals surface area contributed by atoms with Gasteiger partial charge in [-0.05, 0) is 45.0 Å². The molecule has 2 amide bonds. The van der Waals surface area contributed by atoms with Crippen molar-refractivity contribution < 1.29 is 14.3 Å². The summed E-state index contributed by atoms with van der Waals surface area (Å²) in [6, 6.07) is 13.2. The molecule has 26 heavy (non-hydrogen) atoms. The second kappa shape index (κ2) is 7.20. The average Bonchev–Trinajstić information content (AvgIpc) is 2.64. The first-order valence-corrected chi connectivity index (χ1v) is 8.74. The number of piperazine rings is 1. The van der Waals surface area contributed by atoms with Gasteiger partial charge in [-0.2, -0.15) is 0 Å². The largest absolute Gasteiger partial charge is 0.496 e. The Balaban J connectivity index is 1.82. The summed E-state index contributed by atoms with van der Waals surface area (Å²) in [6.45, 7) is 6.41. The molecule has 1 saturated heterocycles. The SMILES string of the molecule is COc1cccc(C(=O)N2CC(=O)N(c3ccc(C)cc3)C[C@H]2C)c1C. The smallest absolute Gasteiger partial charge is 0.255 e. The number of hydrogen-bond acceptors (Lipinski definition) is 3. The van der Waals surface area contributed by atoms with E-state index in [0.717, 1.165) is 16.8 Å². The van der Waals surface area contributed by atoms with Crippen molar-refractivity contribution >= 4 is 17.5 Å². The zero-order valence-electron chi connectivity index (χ0n) is 15.7. The molecule has 0 bridgehead atoms. The molecule has 0 aliphatic carbocycles. The minimum absolute atomic E-state index is 0.0687. The number of carbonyl (C=O) groups excluding carboxylic acids is 2. The van der Waals surface area contributed by atoms with E-state index in [9.17, 15) is 9.59 Å². The highest BCUT2D eigenvalue weighted by Crippen LogP contribution is 2.25. The van der Waals surface area contributed by atoms with E-state index in [0.29, 0.717) is 17.9 Å². The first-order chi connectivity index (χ1) is 12.4. The Morgan fingerprint density at radius 3 is 2.46 bits per heavy atom. The summed E-state index contributed by atoms with van der Waals surface area (Å²) in [5.74, 6) is 0.472. The van der Waals surface area contributed by atoms with E-state index in [1.54, 1.807) is 29.0 Å². The van der Waals surface area contributed by atoms with Crippen molar-refractivity contribution in [3.05, 3.63) is 59.2 Å². The summed E-state index contributed by atoms with van der Waals surface area (Å²) in [6.07, 6.45) is 0. The van der Waals surface area contributed by atoms with Crippen LogP contribution in [0.15, 0.2) is 42.5 Å². The molecule has 1 aliphatic heterocycles. The van der Waals surface area contributed by atoms with Crippen LogP contribution in [0.25, 0.3) is 0 Å². The van der Waals surface area contributed by atoms with Crippen molar-refractivity contribution in [1.29, 1.82) is 0 Å². The molecule has 5 heteroatoms. The third-order valence-corrected chi connectivity index (χ3v) is 4.93. The van der Waals surface area contributed by atoms with Crippen LogP contribution >= 0.6 is 0 Å². The van der Waals surface area contributed by atoms with Gasteiger partial charge in [0, 0.05) is 29.4 Å². The molecule has 0 N–H and O–H groups in total. The minimum atomic E-state index is -0.134. The van der Waals surface area contributed by atoms with Crippen molar-refractivity contribution in [3.8, 4) is 5.75 Å². The normalized spacial score (nSPS) is 17.4. The fourth-order valence-electron chi connectivity index (χ4n) is 3.32. The molecular weight excluding hydrogens is 328 g/mol. The van der Waals surface area contributed by atoms with Crippen molar-refractivity contribution in [1.82, 2.24) is 4.90 Å². The lowest BCUT2D eigenvalue weighted by Crippen LogP contribution is -2.57. The number of nitrogens with zero attached hydrogens (tertiary/aromatic N) is 2. The van der Waals surface area contributed by atoms with Gasteiger partial charge in [-0.15, -0.1) is 0 Å². The molecule has 1 aliphatic rings. The van der Waals surface area contributed by atoms with Gasteiger partial charge in [0.25, 0.3) is 5.91 Å². The summed E-state index contributed by atoms with van der Waals surface area (Å²) < 4.78 is 5.31. The summed E-state index contributed by atoms with van der Waals surface area (Å²) in [5, 5.41) is 0. The Labute approximate surface area is 154 Å². The Morgan fingerprint density at radius 1 is 1.12 bits per heavy atom. The lowest BCUT2D eigenvalue weighted by Gasteiger charge is -2.39. The van der Waals surface area contributed by atoms with Crippen LogP contribution in [-0.4, -0.2) is 43.0 Å². The number of aryl methyl sites for hydroxylation is 1. The van der Waals surface area contributed by atoms with Crippen LogP contribution in [0, 0.1) is 13.8 Å². The molecule has 2 aromatic rings. The number of amides is 2. The predicted molar refractivity (Wildman–Crippen MR) is 102 cm³/mol. The molecule has 3 rings (SSSR count). The first-order valence-electron chi connectivity index (χ1n) is 8.74. The maximum absolute atomic E-state index is 13.0. The standard InChI is InChI=1S/C21H24N2O3/c1-14-8-10-17(11-9-14)23-12-15(2)22(13-20(23)24)21(25)18-6-5-7-19(26-4)16(18)3/h5-11,15H,12-13H2,1-4H3/t15-/m1/s1. The second-order valence-corrected chi connectivity index (χ2v) is 6.75. The van der Waals surface area contributed by atoms with Crippen LogP contribution in [0.4, 0.5) is 5.69 Å². The van der Waals surface area contributed by atoms with E-state index in [1.165, 1.54) is 0 Å². The topological polar surface area (TPSA) is 49.9 Å². The van der Waals surface area contributed by atoms with E-state index in [4.69, 9.17) is 4.74 Å². The van der Waals surface area contributed by atoms with E-state index < -0.39 is 0 Å². The van der Waals surface area contributed by atoms with Crippen LogP contribution in [0.3, 0.4) is 0 Å². The predicted octanol–water partition coefficient (Wildman–Crippen LogP) is 3.19. The van der Waals surface area contributed by atoms with Crippen molar-refractivity contribution in [2.24, 2.45) is 0 Å². The lowest BCUT2D eigenvalue weighted by atomic mass is 10.0. The number of anilines is 1. The molecule has 0 spiro atoms. The van der Waals surface area contributed by atoms with Crippen molar-refractivity contribution in [3.63, 3.8) is 0 Å². The van der Waals surface area contributed by atoms with Crippen LogP contribution in [-0.2, 0) is 4.79 Å². The number of carbonyl (C=O) groups is 2. The van der Waals surface area contributed by atoms with Gasteiger partial charge in [0.1, 0.15) is 12.3 Å². The van der Waals surface area contributed by atoms with Gasteiger partial charge < -0.3 is 14.5 Å². The molecule has 0 aromatic heterocycles. The summed E-state index contributed by atoms with van der Waals surface area (Å²) in [7, 11) is 1.59. The zero-order valence-corrected chi connectivity index (χ0v) is 15.7. The summed E-state index contributed by atoms with van der Waals surface area (Å²) >= 11 is 0. The van der Waals surface area contributed by atoms with Crippen LogP contribution < -0.4 is 9.64 Å². The van der Waals surface area contributed by atoms with Gasteiger partial charge in [-0.3, -0.25) is 9.59 Å². The molecule has 1 atom stereocenters. The number of hydrogen-bond donors (Lipinski definition) is 0. The fourth-order valence-corrected chi connectivity index (χ4v) is 3.32. The molecule has 0 saturated carbocycles. The maximum atomic E-state index is 13.0. The van der Waals surface area contributed by atoms with Crippen LogP contribution in [0.5, 0.6) is 5.75 Å². The third-order valence-electron chi connectivity index (χ3n) is 4.93. The molecule has 136 valence electrons. The Morgan fingerprint density at radius 2 is 1.81 bits per heavy atom. The van der Waals surface area contributed by atoms with Gasteiger partial charge in [-0.1, -0.05) is 23.8 Å². The second-order valence-electron chi connectivity index (χ2n) is 6.75. The highest BCUT2D eigenvalue weighted by molar-refractivity contribution is 6.02. The fraction of sp³-hybridized carbons (Fsp3) is 0.333. The molecule has 1 fully saturated rings. The van der Waals surface area contributed by atoms with Crippen LogP contribution in [0.1, 0.15) is 28.4 Å².